The average Bonchev–Trinajstić information content (AvgIpc) is 3.18. The number of carbonyl (C=O) groups is 1. The molecule has 1 atom stereocenters. The third kappa shape index (κ3) is 2.81. The minimum absolute atomic E-state index is 0.0167. The van der Waals surface area contributed by atoms with Crippen LogP contribution in [0, 0.1) is 12.8 Å². The van der Waals surface area contributed by atoms with Gasteiger partial charge >= 0.3 is 0 Å². The highest BCUT2D eigenvalue weighted by molar-refractivity contribution is 5.93. The van der Waals surface area contributed by atoms with Crippen LogP contribution in [0.2, 0.25) is 0 Å². The molecule has 3 rings (SSSR count). The number of hydrogen-bond donors (Lipinski definition) is 1. The first kappa shape index (κ1) is 12.7. The molecule has 0 bridgehead atoms. The number of aryl methyl sites for hydroxylation is 1. The lowest BCUT2D eigenvalue weighted by atomic mass is 9.99. The number of aromatic nitrogens is 1. The summed E-state index contributed by atoms with van der Waals surface area (Å²) in [6.07, 6.45) is 6.27. The fraction of sp³-hybridized carbons (Fsp3) is 0.714. The topological polar surface area (TPSA) is 58.4 Å². The molecular weight excluding hydrogens is 242 g/mol. The number of rotatable bonds is 4. The maximum atomic E-state index is 12.6. The Morgan fingerprint density at radius 3 is 2.95 bits per heavy atom. The molecule has 0 radical (unpaired) electrons. The van der Waals surface area contributed by atoms with Crippen molar-refractivity contribution in [3.63, 3.8) is 0 Å². The highest BCUT2D eigenvalue weighted by Gasteiger charge is 2.36. The molecule has 5 nitrogen and oxygen atoms in total. The Morgan fingerprint density at radius 1 is 1.53 bits per heavy atom. The summed E-state index contributed by atoms with van der Waals surface area (Å²) in [7, 11) is 0. The van der Waals surface area contributed by atoms with Crippen molar-refractivity contribution in [2.24, 2.45) is 5.92 Å². The molecule has 5 heteroatoms. The molecular formula is C14H21N3O2. The van der Waals surface area contributed by atoms with Gasteiger partial charge in [0.25, 0.3) is 5.91 Å². The monoisotopic (exact) mass is 263 g/mol. The van der Waals surface area contributed by atoms with Crippen LogP contribution in [-0.2, 0) is 0 Å². The fourth-order valence-corrected chi connectivity index (χ4v) is 2.77. The van der Waals surface area contributed by atoms with Crippen molar-refractivity contribution in [2.75, 3.05) is 19.6 Å². The lowest BCUT2D eigenvalue weighted by Gasteiger charge is -2.29. The minimum atomic E-state index is 0.0167. The average molecular weight is 263 g/mol. The van der Waals surface area contributed by atoms with E-state index in [0.717, 1.165) is 38.0 Å². The largest absolute Gasteiger partial charge is 0.351 e. The summed E-state index contributed by atoms with van der Waals surface area (Å²) < 4.78 is 5.12. The van der Waals surface area contributed by atoms with Gasteiger partial charge in [-0.25, -0.2) is 0 Å². The Bertz CT molecular complexity index is 447. The van der Waals surface area contributed by atoms with Gasteiger partial charge in [0.05, 0.1) is 6.20 Å². The lowest BCUT2D eigenvalue weighted by Crippen LogP contribution is -2.42. The smallest absolute Gasteiger partial charge is 0.293 e. The van der Waals surface area contributed by atoms with E-state index in [1.807, 2.05) is 11.8 Å². The second kappa shape index (κ2) is 5.33. The molecule has 1 aromatic rings. The van der Waals surface area contributed by atoms with Gasteiger partial charge in [-0.3, -0.25) is 4.79 Å². The van der Waals surface area contributed by atoms with E-state index < -0.39 is 0 Å². The van der Waals surface area contributed by atoms with Crippen molar-refractivity contribution in [3.8, 4) is 0 Å². The molecule has 1 aromatic heterocycles. The van der Waals surface area contributed by atoms with Crippen LogP contribution in [0.25, 0.3) is 0 Å². The minimum Gasteiger partial charge on any atom is -0.351 e. The number of nitrogens with one attached hydrogen (secondary N) is 1. The lowest BCUT2D eigenvalue weighted by molar-refractivity contribution is 0.0661. The second-order valence-electron chi connectivity index (χ2n) is 5.74. The molecule has 1 aliphatic heterocycles. The van der Waals surface area contributed by atoms with Crippen molar-refractivity contribution in [3.05, 3.63) is 17.5 Å². The van der Waals surface area contributed by atoms with Crippen LogP contribution in [0.3, 0.4) is 0 Å². The zero-order valence-corrected chi connectivity index (χ0v) is 11.4. The van der Waals surface area contributed by atoms with E-state index in [4.69, 9.17) is 4.52 Å². The number of nitrogens with zero attached hydrogens (tertiary/aromatic N) is 2. The molecule has 104 valence electrons. The molecule has 2 heterocycles. The maximum Gasteiger partial charge on any atom is 0.293 e. The summed E-state index contributed by atoms with van der Waals surface area (Å²) in [5.74, 6) is 1.00. The number of hydrogen-bond acceptors (Lipinski definition) is 4. The SMILES string of the molecule is Cc1cnoc1C(=O)N(CC1CCCNC1)C1CC1. The predicted molar refractivity (Wildman–Crippen MR) is 70.9 cm³/mol. The third-order valence-corrected chi connectivity index (χ3v) is 4.05. The first-order valence-electron chi connectivity index (χ1n) is 7.18. The number of amides is 1. The molecule has 1 N–H and O–H groups in total. The van der Waals surface area contributed by atoms with E-state index in [-0.39, 0.29) is 5.91 Å². The molecule has 1 aliphatic carbocycles. The van der Waals surface area contributed by atoms with Gasteiger partial charge in [-0.1, -0.05) is 5.16 Å². The van der Waals surface area contributed by atoms with Gasteiger partial charge in [-0.2, -0.15) is 0 Å². The van der Waals surface area contributed by atoms with Crippen molar-refractivity contribution in [1.29, 1.82) is 0 Å². The molecule has 0 spiro atoms. The van der Waals surface area contributed by atoms with E-state index in [0.29, 0.717) is 17.7 Å². The summed E-state index contributed by atoms with van der Waals surface area (Å²) in [5, 5.41) is 7.13. The first-order chi connectivity index (χ1) is 9.25. The standard InChI is InChI=1S/C14H21N3O2/c1-10-7-16-19-13(10)14(18)17(12-4-5-12)9-11-3-2-6-15-8-11/h7,11-12,15H,2-6,8-9H2,1H3. The van der Waals surface area contributed by atoms with Gasteiger partial charge in [-0.05, 0) is 51.6 Å². The van der Waals surface area contributed by atoms with Gasteiger partial charge in [0.15, 0.2) is 0 Å². The van der Waals surface area contributed by atoms with Gasteiger partial charge in [-0.15, -0.1) is 0 Å². The third-order valence-electron chi connectivity index (χ3n) is 4.05. The van der Waals surface area contributed by atoms with Crippen LogP contribution in [0.5, 0.6) is 0 Å². The molecule has 1 unspecified atom stereocenters. The quantitative estimate of drug-likeness (QED) is 0.896. The number of piperidine rings is 1. The van der Waals surface area contributed by atoms with Gasteiger partial charge in [0, 0.05) is 18.2 Å². The van der Waals surface area contributed by atoms with Crippen LogP contribution < -0.4 is 5.32 Å². The Labute approximate surface area is 113 Å². The zero-order chi connectivity index (χ0) is 13.2. The Hall–Kier alpha value is -1.36. The molecule has 2 fully saturated rings. The van der Waals surface area contributed by atoms with Crippen LogP contribution in [0.15, 0.2) is 10.7 Å². The van der Waals surface area contributed by atoms with Crippen molar-refractivity contribution in [2.45, 2.75) is 38.6 Å². The summed E-state index contributed by atoms with van der Waals surface area (Å²) in [6, 6.07) is 0.416. The highest BCUT2D eigenvalue weighted by Crippen LogP contribution is 2.30. The van der Waals surface area contributed by atoms with Crippen LogP contribution in [-0.4, -0.2) is 41.6 Å². The van der Waals surface area contributed by atoms with Crippen LogP contribution in [0.1, 0.15) is 41.8 Å². The van der Waals surface area contributed by atoms with Crippen molar-refractivity contribution < 1.29 is 9.32 Å². The maximum absolute atomic E-state index is 12.6. The summed E-state index contributed by atoms with van der Waals surface area (Å²) >= 11 is 0. The van der Waals surface area contributed by atoms with Crippen molar-refractivity contribution in [1.82, 2.24) is 15.4 Å². The van der Waals surface area contributed by atoms with E-state index >= 15 is 0 Å². The summed E-state index contributed by atoms with van der Waals surface area (Å²) in [4.78, 5) is 14.6. The Morgan fingerprint density at radius 2 is 2.37 bits per heavy atom. The van der Waals surface area contributed by atoms with Crippen molar-refractivity contribution >= 4 is 5.91 Å². The Kier molecular flexibility index (Phi) is 3.55. The van der Waals surface area contributed by atoms with E-state index in [2.05, 4.69) is 10.5 Å². The molecule has 2 aliphatic rings. The van der Waals surface area contributed by atoms with Gasteiger partial charge in [0.1, 0.15) is 0 Å². The summed E-state index contributed by atoms with van der Waals surface area (Å²) in [6.45, 7) is 4.84. The first-order valence-corrected chi connectivity index (χ1v) is 7.18. The van der Waals surface area contributed by atoms with E-state index in [1.165, 1.54) is 12.8 Å². The summed E-state index contributed by atoms with van der Waals surface area (Å²) in [5.41, 5.74) is 0.831. The molecule has 1 saturated carbocycles. The van der Waals surface area contributed by atoms with E-state index in [1.54, 1.807) is 6.20 Å². The highest BCUT2D eigenvalue weighted by atomic mass is 16.5. The molecule has 1 saturated heterocycles. The zero-order valence-electron chi connectivity index (χ0n) is 11.4. The number of carbonyl (C=O) groups excluding carboxylic acids is 1. The molecule has 19 heavy (non-hydrogen) atoms. The van der Waals surface area contributed by atoms with E-state index in [9.17, 15) is 4.79 Å². The normalized spacial score (nSPS) is 23.3. The predicted octanol–water partition coefficient (Wildman–Crippen LogP) is 1.59. The van der Waals surface area contributed by atoms with Gasteiger partial charge < -0.3 is 14.7 Å². The molecule has 0 aromatic carbocycles. The molecule has 1 amide bonds. The van der Waals surface area contributed by atoms with Gasteiger partial charge in [0.2, 0.25) is 5.76 Å². The second-order valence-corrected chi connectivity index (χ2v) is 5.74. The Balaban J connectivity index is 1.70. The van der Waals surface area contributed by atoms with Crippen LogP contribution >= 0.6 is 0 Å². The fourth-order valence-electron chi connectivity index (χ4n) is 2.77. The van der Waals surface area contributed by atoms with Crippen LogP contribution in [0.4, 0.5) is 0 Å².